The van der Waals surface area contributed by atoms with Crippen molar-refractivity contribution in [2.24, 2.45) is 0 Å². The largest absolute Gasteiger partial charge is 0.381 e. The Labute approximate surface area is 137 Å². The van der Waals surface area contributed by atoms with E-state index < -0.39 is 15.8 Å². The minimum absolute atomic E-state index is 0.0418. The van der Waals surface area contributed by atoms with Crippen LogP contribution in [0.25, 0.3) is 0 Å². The summed E-state index contributed by atoms with van der Waals surface area (Å²) in [5.74, 6) is -0.480. The minimum Gasteiger partial charge on any atom is -0.381 e. The van der Waals surface area contributed by atoms with Gasteiger partial charge in [0.15, 0.2) is 0 Å². The van der Waals surface area contributed by atoms with Crippen LogP contribution < -0.4 is 0 Å². The molecule has 3 rings (SSSR count). The zero-order chi connectivity index (χ0) is 16.4. The fourth-order valence-corrected chi connectivity index (χ4v) is 4.68. The van der Waals surface area contributed by atoms with Crippen molar-refractivity contribution in [3.8, 4) is 0 Å². The number of hydrogen-bond donors (Lipinski definition) is 0. The summed E-state index contributed by atoms with van der Waals surface area (Å²) in [5.41, 5.74) is 0.452. The molecule has 1 aromatic rings. The molecule has 0 amide bonds. The van der Waals surface area contributed by atoms with E-state index in [2.05, 4.69) is 4.90 Å². The third kappa shape index (κ3) is 3.57. The number of benzene rings is 1. The van der Waals surface area contributed by atoms with Crippen LogP contribution in [-0.4, -0.2) is 63.1 Å². The average Bonchev–Trinajstić information content (AvgIpc) is 2.58. The standard InChI is InChI=1S/C16H23FN2O3S/c1-13-2-3-15(12-16(13)17)23(20,21)19-8-6-18(7-9-19)14-4-10-22-11-5-14/h2-3,12,14H,4-11H2,1H3. The quantitative estimate of drug-likeness (QED) is 0.838. The molecule has 0 bridgehead atoms. The number of sulfonamides is 1. The Morgan fingerprint density at radius 1 is 1.13 bits per heavy atom. The molecule has 23 heavy (non-hydrogen) atoms. The Kier molecular flexibility index (Phi) is 5.01. The second-order valence-corrected chi connectivity index (χ2v) is 8.13. The molecule has 2 aliphatic rings. The van der Waals surface area contributed by atoms with E-state index in [1.54, 1.807) is 6.92 Å². The van der Waals surface area contributed by atoms with E-state index in [-0.39, 0.29) is 4.90 Å². The molecule has 0 spiro atoms. The number of piperazine rings is 1. The molecule has 0 unspecified atom stereocenters. The first-order chi connectivity index (χ1) is 11.0. The summed E-state index contributed by atoms with van der Waals surface area (Å²) in [6.07, 6.45) is 2.02. The lowest BCUT2D eigenvalue weighted by molar-refractivity contribution is 0.0229. The van der Waals surface area contributed by atoms with Crippen molar-refractivity contribution in [1.29, 1.82) is 0 Å². The van der Waals surface area contributed by atoms with Crippen LogP contribution in [0.15, 0.2) is 23.1 Å². The van der Waals surface area contributed by atoms with Crippen molar-refractivity contribution in [1.82, 2.24) is 9.21 Å². The Morgan fingerprint density at radius 2 is 1.78 bits per heavy atom. The second kappa shape index (κ2) is 6.84. The number of hydrogen-bond acceptors (Lipinski definition) is 4. The maximum Gasteiger partial charge on any atom is 0.243 e. The zero-order valence-corrected chi connectivity index (χ0v) is 14.2. The first-order valence-electron chi connectivity index (χ1n) is 8.06. The van der Waals surface area contributed by atoms with Crippen LogP contribution in [-0.2, 0) is 14.8 Å². The second-order valence-electron chi connectivity index (χ2n) is 6.19. The molecule has 2 fully saturated rings. The Bertz CT molecular complexity index is 651. The summed E-state index contributed by atoms with van der Waals surface area (Å²) in [6.45, 7) is 5.54. The first-order valence-corrected chi connectivity index (χ1v) is 9.50. The highest BCUT2D eigenvalue weighted by Crippen LogP contribution is 2.22. The summed E-state index contributed by atoms with van der Waals surface area (Å²) in [6, 6.07) is 4.61. The first kappa shape index (κ1) is 16.8. The molecule has 7 heteroatoms. The molecule has 0 radical (unpaired) electrons. The van der Waals surface area contributed by atoms with Gasteiger partial charge in [0.2, 0.25) is 10.0 Å². The molecule has 128 valence electrons. The van der Waals surface area contributed by atoms with Gasteiger partial charge in [-0.15, -0.1) is 0 Å². The van der Waals surface area contributed by atoms with Crippen LogP contribution in [0.3, 0.4) is 0 Å². The Hall–Kier alpha value is -1.02. The number of aryl methyl sites for hydroxylation is 1. The minimum atomic E-state index is -3.61. The van der Waals surface area contributed by atoms with E-state index in [4.69, 9.17) is 4.74 Å². The smallest absolute Gasteiger partial charge is 0.243 e. The summed E-state index contributed by atoms with van der Waals surface area (Å²) < 4.78 is 45.8. The summed E-state index contributed by atoms with van der Waals surface area (Å²) in [5, 5.41) is 0. The van der Waals surface area contributed by atoms with Gasteiger partial charge < -0.3 is 4.74 Å². The lowest BCUT2D eigenvalue weighted by Crippen LogP contribution is -2.52. The molecule has 0 aliphatic carbocycles. The van der Waals surface area contributed by atoms with Crippen molar-refractivity contribution >= 4 is 10.0 Å². The molecule has 0 saturated carbocycles. The van der Waals surface area contributed by atoms with Crippen LogP contribution in [0.1, 0.15) is 18.4 Å². The van der Waals surface area contributed by atoms with Crippen LogP contribution in [0.2, 0.25) is 0 Å². The number of nitrogens with zero attached hydrogens (tertiary/aromatic N) is 2. The SMILES string of the molecule is Cc1ccc(S(=O)(=O)N2CCN(C3CCOCC3)CC2)cc1F. The van der Waals surface area contributed by atoms with Crippen LogP contribution in [0.4, 0.5) is 4.39 Å². The monoisotopic (exact) mass is 342 g/mol. The van der Waals surface area contributed by atoms with Crippen LogP contribution >= 0.6 is 0 Å². The number of ether oxygens (including phenoxy) is 1. The summed E-state index contributed by atoms with van der Waals surface area (Å²) in [7, 11) is -3.61. The fourth-order valence-electron chi connectivity index (χ4n) is 3.24. The van der Waals surface area contributed by atoms with Gasteiger partial charge in [-0.2, -0.15) is 4.31 Å². The van der Waals surface area contributed by atoms with E-state index in [9.17, 15) is 12.8 Å². The fraction of sp³-hybridized carbons (Fsp3) is 0.625. The number of rotatable bonds is 3. The van der Waals surface area contributed by atoms with Crippen molar-refractivity contribution in [3.05, 3.63) is 29.6 Å². The number of halogens is 1. The van der Waals surface area contributed by atoms with Gasteiger partial charge >= 0.3 is 0 Å². The zero-order valence-electron chi connectivity index (χ0n) is 13.4. The molecule has 2 heterocycles. The van der Waals surface area contributed by atoms with Crippen LogP contribution in [0, 0.1) is 12.7 Å². The van der Waals surface area contributed by atoms with Gasteiger partial charge in [0.25, 0.3) is 0 Å². The van der Waals surface area contributed by atoms with Gasteiger partial charge in [0, 0.05) is 45.4 Å². The van der Waals surface area contributed by atoms with Crippen molar-refractivity contribution in [2.75, 3.05) is 39.4 Å². The summed E-state index contributed by atoms with van der Waals surface area (Å²) in [4.78, 5) is 2.39. The van der Waals surface area contributed by atoms with E-state index in [0.717, 1.165) is 45.2 Å². The molecular formula is C16H23FN2O3S. The van der Waals surface area contributed by atoms with Gasteiger partial charge in [-0.05, 0) is 37.5 Å². The molecule has 0 atom stereocenters. The van der Waals surface area contributed by atoms with Gasteiger partial charge in [-0.3, -0.25) is 4.90 Å². The highest BCUT2D eigenvalue weighted by atomic mass is 32.2. The Balaban J connectivity index is 1.67. The van der Waals surface area contributed by atoms with Gasteiger partial charge in [-0.1, -0.05) is 6.07 Å². The molecule has 2 saturated heterocycles. The summed E-state index contributed by atoms with van der Waals surface area (Å²) >= 11 is 0. The molecule has 5 nitrogen and oxygen atoms in total. The molecule has 0 aromatic heterocycles. The third-order valence-electron chi connectivity index (χ3n) is 4.76. The van der Waals surface area contributed by atoms with Crippen molar-refractivity contribution in [3.63, 3.8) is 0 Å². The Morgan fingerprint density at radius 3 is 2.39 bits per heavy atom. The highest BCUT2D eigenvalue weighted by Gasteiger charge is 2.31. The van der Waals surface area contributed by atoms with E-state index in [1.807, 2.05) is 0 Å². The predicted molar refractivity (Wildman–Crippen MR) is 85.3 cm³/mol. The van der Waals surface area contributed by atoms with Crippen LogP contribution in [0.5, 0.6) is 0 Å². The maximum absolute atomic E-state index is 13.7. The average molecular weight is 342 g/mol. The lowest BCUT2D eigenvalue weighted by atomic mass is 10.1. The van der Waals surface area contributed by atoms with E-state index >= 15 is 0 Å². The molecule has 1 aromatic carbocycles. The molecule has 0 N–H and O–H groups in total. The predicted octanol–water partition coefficient (Wildman–Crippen LogP) is 1.62. The van der Waals surface area contributed by atoms with E-state index in [0.29, 0.717) is 24.7 Å². The third-order valence-corrected chi connectivity index (χ3v) is 6.66. The van der Waals surface area contributed by atoms with Crippen molar-refractivity contribution in [2.45, 2.75) is 30.7 Å². The lowest BCUT2D eigenvalue weighted by Gasteiger charge is -2.40. The molecular weight excluding hydrogens is 319 g/mol. The van der Waals surface area contributed by atoms with Gasteiger partial charge in [-0.25, -0.2) is 12.8 Å². The highest BCUT2D eigenvalue weighted by molar-refractivity contribution is 7.89. The maximum atomic E-state index is 13.7. The van der Waals surface area contributed by atoms with E-state index in [1.165, 1.54) is 16.4 Å². The van der Waals surface area contributed by atoms with Crippen molar-refractivity contribution < 1.29 is 17.5 Å². The van der Waals surface area contributed by atoms with Gasteiger partial charge in [0.1, 0.15) is 5.82 Å². The molecule has 2 aliphatic heterocycles. The van der Waals surface area contributed by atoms with Gasteiger partial charge in [0.05, 0.1) is 4.90 Å². The normalized spacial score (nSPS) is 22.3. The topological polar surface area (TPSA) is 49.9 Å².